The highest BCUT2D eigenvalue weighted by Crippen LogP contribution is 2.28. The van der Waals surface area contributed by atoms with Crippen LogP contribution in [0, 0.1) is 10.1 Å². The first-order valence-corrected chi connectivity index (χ1v) is 7.82. The zero-order valence-corrected chi connectivity index (χ0v) is 14.8. The number of hydrogen-bond acceptors (Lipinski definition) is 6. The van der Waals surface area contributed by atoms with Gasteiger partial charge in [0, 0.05) is 11.8 Å². The number of esters is 1. The molecule has 1 N–H and O–H groups in total. The van der Waals surface area contributed by atoms with Crippen LogP contribution in [0.3, 0.4) is 0 Å². The van der Waals surface area contributed by atoms with Crippen LogP contribution in [0.5, 0.6) is 5.75 Å². The summed E-state index contributed by atoms with van der Waals surface area (Å²) in [5.41, 5.74) is -0.0782. The molecule has 2 aromatic rings. The highest BCUT2D eigenvalue weighted by atomic mass is 35.5. The Hall–Kier alpha value is -2.84. The van der Waals surface area contributed by atoms with E-state index in [1.54, 1.807) is 6.07 Å². The lowest BCUT2D eigenvalue weighted by Crippen LogP contribution is -2.20. The number of rotatable bonds is 6. The molecule has 2 rings (SSSR count). The van der Waals surface area contributed by atoms with E-state index >= 15 is 0 Å². The molecule has 0 saturated heterocycles. The molecular weight excluding hydrogens is 387 g/mol. The first kappa shape index (κ1) is 19.5. The number of hydrogen-bond donors (Lipinski definition) is 1. The summed E-state index contributed by atoms with van der Waals surface area (Å²) in [6.07, 6.45) is 0. The van der Waals surface area contributed by atoms with Gasteiger partial charge in [0.1, 0.15) is 0 Å². The van der Waals surface area contributed by atoms with Crippen molar-refractivity contribution >= 4 is 46.5 Å². The van der Waals surface area contributed by atoms with Gasteiger partial charge in [-0.25, -0.2) is 4.79 Å². The first-order valence-electron chi connectivity index (χ1n) is 7.06. The second kappa shape index (κ2) is 8.50. The molecule has 0 aliphatic rings. The summed E-state index contributed by atoms with van der Waals surface area (Å²) in [6.45, 7) is -0.487. The van der Waals surface area contributed by atoms with E-state index in [-0.39, 0.29) is 16.3 Å². The Morgan fingerprint density at radius 1 is 1.15 bits per heavy atom. The average molecular weight is 399 g/mol. The molecule has 0 aliphatic carbocycles. The van der Waals surface area contributed by atoms with Gasteiger partial charge in [-0.05, 0) is 30.3 Å². The Balaban J connectivity index is 2.08. The zero-order valence-electron chi connectivity index (χ0n) is 13.3. The second-order valence-corrected chi connectivity index (χ2v) is 5.71. The number of halogens is 2. The summed E-state index contributed by atoms with van der Waals surface area (Å²) < 4.78 is 9.70. The fraction of sp³-hybridized carbons (Fsp3) is 0.125. The number of benzene rings is 2. The lowest BCUT2D eigenvalue weighted by Gasteiger charge is -2.09. The van der Waals surface area contributed by atoms with Crippen molar-refractivity contribution < 1.29 is 24.0 Å². The zero-order chi connectivity index (χ0) is 19.3. The molecule has 0 saturated carbocycles. The van der Waals surface area contributed by atoms with Crippen molar-refractivity contribution in [1.29, 1.82) is 0 Å². The van der Waals surface area contributed by atoms with Crippen LogP contribution in [0.25, 0.3) is 0 Å². The number of methoxy groups -OCH3 is 1. The van der Waals surface area contributed by atoms with E-state index in [1.807, 2.05) is 0 Å². The lowest BCUT2D eigenvalue weighted by molar-refractivity contribution is -0.385. The molecule has 0 unspecified atom stereocenters. The third-order valence-corrected chi connectivity index (χ3v) is 3.88. The van der Waals surface area contributed by atoms with Crippen LogP contribution in [0.4, 0.5) is 11.4 Å². The first-order chi connectivity index (χ1) is 12.3. The molecule has 0 spiro atoms. The number of ether oxygens (including phenoxy) is 2. The minimum atomic E-state index is -0.725. The molecule has 0 aromatic heterocycles. The minimum absolute atomic E-state index is 0.00759. The molecule has 0 fully saturated rings. The van der Waals surface area contributed by atoms with Gasteiger partial charge in [-0.3, -0.25) is 14.9 Å². The summed E-state index contributed by atoms with van der Waals surface area (Å²) in [5, 5.41) is 14.3. The van der Waals surface area contributed by atoms with Crippen molar-refractivity contribution in [2.75, 3.05) is 19.0 Å². The molecule has 0 bridgehead atoms. The summed E-state index contributed by atoms with van der Waals surface area (Å²) in [7, 11) is 1.16. The van der Waals surface area contributed by atoms with Crippen molar-refractivity contribution in [3.8, 4) is 5.75 Å². The van der Waals surface area contributed by atoms with E-state index in [2.05, 4.69) is 10.1 Å². The third kappa shape index (κ3) is 4.84. The van der Waals surface area contributed by atoms with Crippen molar-refractivity contribution in [3.05, 3.63) is 62.1 Å². The van der Waals surface area contributed by atoms with E-state index < -0.39 is 29.1 Å². The van der Waals surface area contributed by atoms with Gasteiger partial charge in [-0.15, -0.1) is 0 Å². The molecule has 0 aliphatic heterocycles. The molecule has 2 aromatic carbocycles. The van der Waals surface area contributed by atoms with Gasteiger partial charge < -0.3 is 14.8 Å². The monoisotopic (exact) mass is 398 g/mol. The Morgan fingerprint density at radius 2 is 1.88 bits per heavy atom. The maximum absolute atomic E-state index is 11.9. The SMILES string of the molecule is COC(=O)c1ccc(OCC(=O)Nc2ccc(Cl)c(Cl)c2)c([N+](=O)[O-])c1. The van der Waals surface area contributed by atoms with Crippen LogP contribution in [0.1, 0.15) is 10.4 Å². The van der Waals surface area contributed by atoms with Crippen molar-refractivity contribution in [3.63, 3.8) is 0 Å². The van der Waals surface area contributed by atoms with Gasteiger partial charge >= 0.3 is 11.7 Å². The van der Waals surface area contributed by atoms with E-state index in [4.69, 9.17) is 27.9 Å². The van der Waals surface area contributed by atoms with E-state index in [0.717, 1.165) is 13.2 Å². The topological polar surface area (TPSA) is 108 Å². The molecule has 0 atom stereocenters. The van der Waals surface area contributed by atoms with Crippen LogP contribution >= 0.6 is 23.2 Å². The fourth-order valence-electron chi connectivity index (χ4n) is 1.94. The van der Waals surface area contributed by atoms with Gasteiger partial charge in [-0.2, -0.15) is 0 Å². The highest BCUT2D eigenvalue weighted by Gasteiger charge is 2.20. The van der Waals surface area contributed by atoms with Crippen molar-refractivity contribution in [2.24, 2.45) is 0 Å². The van der Waals surface area contributed by atoms with E-state index in [9.17, 15) is 19.7 Å². The second-order valence-electron chi connectivity index (χ2n) is 4.90. The lowest BCUT2D eigenvalue weighted by atomic mass is 10.2. The molecule has 8 nitrogen and oxygen atoms in total. The van der Waals surface area contributed by atoms with Crippen molar-refractivity contribution in [2.45, 2.75) is 0 Å². The molecule has 1 amide bonds. The molecule has 0 radical (unpaired) electrons. The van der Waals surface area contributed by atoms with Gasteiger partial charge in [0.25, 0.3) is 5.91 Å². The number of nitrogens with zero attached hydrogens (tertiary/aromatic N) is 1. The molecule has 136 valence electrons. The molecular formula is C16H12Cl2N2O6. The Morgan fingerprint density at radius 3 is 2.50 bits per heavy atom. The Labute approximate surface area is 157 Å². The number of anilines is 1. The van der Waals surface area contributed by atoms with Crippen LogP contribution < -0.4 is 10.1 Å². The molecule has 0 heterocycles. The molecule has 10 heteroatoms. The fourth-order valence-corrected chi connectivity index (χ4v) is 2.24. The minimum Gasteiger partial charge on any atom is -0.477 e. The van der Waals surface area contributed by atoms with Crippen LogP contribution in [-0.2, 0) is 9.53 Å². The van der Waals surface area contributed by atoms with E-state index in [1.165, 1.54) is 24.3 Å². The number of nitrogens with one attached hydrogen (secondary N) is 1. The Kier molecular flexibility index (Phi) is 6.37. The Bertz CT molecular complexity index is 872. The maximum atomic E-state index is 11.9. The average Bonchev–Trinajstić information content (AvgIpc) is 2.62. The van der Waals surface area contributed by atoms with Crippen LogP contribution in [-0.4, -0.2) is 30.5 Å². The number of carbonyl (C=O) groups excluding carboxylic acids is 2. The van der Waals surface area contributed by atoms with E-state index in [0.29, 0.717) is 10.7 Å². The van der Waals surface area contributed by atoms with Crippen LogP contribution in [0.15, 0.2) is 36.4 Å². The standard InChI is InChI=1S/C16H12Cl2N2O6/c1-25-16(22)9-2-5-14(13(6-9)20(23)24)26-8-15(21)19-10-3-4-11(17)12(18)7-10/h2-7H,8H2,1H3,(H,19,21). The number of amides is 1. The smallest absolute Gasteiger partial charge is 0.338 e. The highest BCUT2D eigenvalue weighted by molar-refractivity contribution is 6.42. The summed E-state index contributed by atoms with van der Waals surface area (Å²) in [5.74, 6) is -1.45. The quantitative estimate of drug-likeness (QED) is 0.451. The number of nitro groups is 1. The predicted octanol–water partition coefficient (Wildman–Crippen LogP) is 3.71. The summed E-state index contributed by atoms with van der Waals surface area (Å²) >= 11 is 11.6. The number of carbonyl (C=O) groups is 2. The van der Waals surface area contributed by atoms with Gasteiger partial charge in [0.05, 0.1) is 27.6 Å². The maximum Gasteiger partial charge on any atom is 0.338 e. The largest absolute Gasteiger partial charge is 0.477 e. The van der Waals surface area contributed by atoms with Gasteiger partial charge in [0.2, 0.25) is 0 Å². The predicted molar refractivity (Wildman–Crippen MR) is 95.0 cm³/mol. The molecule has 26 heavy (non-hydrogen) atoms. The van der Waals surface area contributed by atoms with Gasteiger partial charge in [0.15, 0.2) is 12.4 Å². The summed E-state index contributed by atoms with van der Waals surface area (Å²) in [6, 6.07) is 8.03. The van der Waals surface area contributed by atoms with Crippen LogP contribution in [0.2, 0.25) is 10.0 Å². The number of nitro benzene ring substituents is 1. The third-order valence-electron chi connectivity index (χ3n) is 3.14. The van der Waals surface area contributed by atoms with Gasteiger partial charge in [-0.1, -0.05) is 23.2 Å². The van der Waals surface area contributed by atoms with Crippen molar-refractivity contribution in [1.82, 2.24) is 0 Å². The summed E-state index contributed by atoms with van der Waals surface area (Å²) in [4.78, 5) is 33.8. The normalized spacial score (nSPS) is 10.1.